The minimum Gasteiger partial charge on any atom is -0.330 e. The summed E-state index contributed by atoms with van der Waals surface area (Å²) in [5, 5.41) is 0. The molecule has 0 fully saturated rings. The average Bonchev–Trinajstić information content (AvgIpc) is 2.24. The minimum atomic E-state index is 0.464. The van der Waals surface area contributed by atoms with E-state index in [0.717, 1.165) is 12.8 Å². The van der Waals surface area contributed by atoms with Crippen LogP contribution in [-0.4, -0.2) is 13.1 Å². The first-order chi connectivity index (χ1) is 7.17. The third-order valence-corrected chi connectivity index (χ3v) is 3.08. The van der Waals surface area contributed by atoms with Crippen molar-refractivity contribution in [3.63, 3.8) is 0 Å². The molecule has 0 amide bonds. The Morgan fingerprint density at radius 3 is 2.27 bits per heavy atom. The second-order valence-corrected chi connectivity index (χ2v) is 4.29. The van der Waals surface area contributed by atoms with Crippen molar-refractivity contribution in [2.24, 2.45) is 17.4 Å². The van der Waals surface area contributed by atoms with Gasteiger partial charge in [-0.1, -0.05) is 18.2 Å². The Labute approximate surface area is 92.7 Å². The molecule has 2 heteroatoms. The number of hydrogen-bond acceptors (Lipinski definition) is 2. The van der Waals surface area contributed by atoms with Crippen LogP contribution in [0.3, 0.4) is 0 Å². The average molecular weight is 206 g/mol. The van der Waals surface area contributed by atoms with Crippen molar-refractivity contribution in [1.82, 2.24) is 0 Å². The molecule has 84 valence electrons. The van der Waals surface area contributed by atoms with Crippen LogP contribution < -0.4 is 11.5 Å². The van der Waals surface area contributed by atoms with Crippen molar-refractivity contribution in [2.45, 2.75) is 26.7 Å². The van der Waals surface area contributed by atoms with Crippen LogP contribution in [0.2, 0.25) is 0 Å². The number of rotatable bonds is 5. The van der Waals surface area contributed by atoms with Crippen LogP contribution in [0.25, 0.3) is 0 Å². The molecule has 0 unspecified atom stereocenters. The monoisotopic (exact) mass is 206 g/mol. The third kappa shape index (κ3) is 3.65. The maximum atomic E-state index is 5.62. The molecule has 4 N–H and O–H groups in total. The molecule has 1 rings (SSSR count). The fraction of sp³-hybridized carbons (Fsp3) is 0.538. The Bertz CT molecular complexity index is 303. The van der Waals surface area contributed by atoms with Gasteiger partial charge in [0.05, 0.1) is 0 Å². The molecule has 15 heavy (non-hydrogen) atoms. The van der Waals surface area contributed by atoms with E-state index in [1.165, 1.54) is 16.7 Å². The highest BCUT2D eigenvalue weighted by atomic mass is 14.6. The summed E-state index contributed by atoms with van der Waals surface area (Å²) in [6.45, 7) is 5.69. The summed E-state index contributed by atoms with van der Waals surface area (Å²) in [7, 11) is 0. The van der Waals surface area contributed by atoms with E-state index < -0.39 is 0 Å². The molecular weight excluding hydrogens is 184 g/mol. The van der Waals surface area contributed by atoms with E-state index in [2.05, 4.69) is 32.0 Å². The van der Waals surface area contributed by atoms with Crippen LogP contribution in [0.4, 0.5) is 0 Å². The summed E-state index contributed by atoms with van der Waals surface area (Å²) in [5.41, 5.74) is 15.4. The maximum Gasteiger partial charge on any atom is -0.00367 e. The Balaban J connectivity index is 2.54. The lowest BCUT2D eigenvalue weighted by Gasteiger charge is -2.12. The Morgan fingerprint density at radius 1 is 1.07 bits per heavy atom. The molecule has 0 saturated carbocycles. The second kappa shape index (κ2) is 5.89. The van der Waals surface area contributed by atoms with Crippen molar-refractivity contribution in [1.29, 1.82) is 0 Å². The van der Waals surface area contributed by atoms with Crippen molar-refractivity contribution >= 4 is 0 Å². The van der Waals surface area contributed by atoms with E-state index in [1.807, 2.05) is 0 Å². The Kier molecular flexibility index (Phi) is 4.79. The van der Waals surface area contributed by atoms with E-state index >= 15 is 0 Å². The largest absolute Gasteiger partial charge is 0.330 e. The molecule has 0 aliphatic heterocycles. The van der Waals surface area contributed by atoms with Gasteiger partial charge in [0.2, 0.25) is 0 Å². The lowest BCUT2D eigenvalue weighted by molar-refractivity contribution is 0.508. The van der Waals surface area contributed by atoms with Gasteiger partial charge < -0.3 is 11.5 Å². The molecule has 0 aliphatic rings. The van der Waals surface area contributed by atoms with Crippen LogP contribution in [0.1, 0.15) is 23.1 Å². The first kappa shape index (κ1) is 12.2. The fourth-order valence-electron chi connectivity index (χ4n) is 1.66. The summed E-state index contributed by atoms with van der Waals surface area (Å²) < 4.78 is 0. The van der Waals surface area contributed by atoms with Crippen LogP contribution in [-0.2, 0) is 6.42 Å². The summed E-state index contributed by atoms with van der Waals surface area (Å²) in [5.74, 6) is 0.464. The van der Waals surface area contributed by atoms with Gasteiger partial charge in [0.15, 0.2) is 0 Å². The van der Waals surface area contributed by atoms with Gasteiger partial charge in [0.1, 0.15) is 0 Å². The second-order valence-electron chi connectivity index (χ2n) is 4.29. The maximum absolute atomic E-state index is 5.62. The molecule has 0 bridgehead atoms. The zero-order valence-corrected chi connectivity index (χ0v) is 9.79. The van der Waals surface area contributed by atoms with Gasteiger partial charge in [-0.15, -0.1) is 0 Å². The third-order valence-electron chi connectivity index (χ3n) is 3.08. The fourth-order valence-corrected chi connectivity index (χ4v) is 1.66. The summed E-state index contributed by atoms with van der Waals surface area (Å²) >= 11 is 0. The van der Waals surface area contributed by atoms with Crippen molar-refractivity contribution in [2.75, 3.05) is 13.1 Å². The van der Waals surface area contributed by atoms with Crippen LogP contribution in [0.5, 0.6) is 0 Å². The summed E-state index contributed by atoms with van der Waals surface area (Å²) in [6, 6.07) is 6.65. The van der Waals surface area contributed by atoms with E-state index in [4.69, 9.17) is 11.5 Å². The number of aryl methyl sites for hydroxylation is 3. The van der Waals surface area contributed by atoms with Crippen molar-refractivity contribution < 1.29 is 0 Å². The normalized spacial score (nSPS) is 11.0. The predicted octanol–water partition coefficient (Wildman–Crippen LogP) is 1.77. The smallest absolute Gasteiger partial charge is 0.00367 e. The predicted molar refractivity (Wildman–Crippen MR) is 65.8 cm³/mol. The molecule has 0 saturated heterocycles. The van der Waals surface area contributed by atoms with Crippen LogP contribution in [0, 0.1) is 19.8 Å². The topological polar surface area (TPSA) is 52.0 Å². The standard InChI is InChI=1S/C13H22N2/c1-10-3-4-12(7-11(10)2)5-6-13(8-14)9-15/h3-4,7,13H,5-6,8-9,14-15H2,1-2H3. The molecule has 2 nitrogen and oxygen atoms in total. The highest BCUT2D eigenvalue weighted by molar-refractivity contribution is 5.29. The molecule has 1 aromatic carbocycles. The number of benzene rings is 1. The van der Waals surface area contributed by atoms with Crippen molar-refractivity contribution in [3.8, 4) is 0 Å². The molecule has 0 aliphatic carbocycles. The zero-order chi connectivity index (χ0) is 11.3. The summed E-state index contributed by atoms with van der Waals surface area (Å²) in [6.07, 6.45) is 2.18. The van der Waals surface area contributed by atoms with Crippen LogP contribution in [0.15, 0.2) is 18.2 Å². The molecule has 0 atom stereocenters. The molecule has 0 aromatic heterocycles. The molecule has 0 spiro atoms. The lowest BCUT2D eigenvalue weighted by Crippen LogP contribution is -2.23. The van der Waals surface area contributed by atoms with E-state index in [9.17, 15) is 0 Å². The van der Waals surface area contributed by atoms with E-state index in [1.54, 1.807) is 0 Å². The molecule has 0 radical (unpaired) electrons. The van der Waals surface area contributed by atoms with Gasteiger partial charge in [-0.2, -0.15) is 0 Å². The van der Waals surface area contributed by atoms with Crippen molar-refractivity contribution in [3.05, 3.63) is 34.9 Å². The SMILES string of the molecule is Cc1ccc(CCC(CN)CN)cc1C. The van der Waals surface area contributed by atoms with Gasteiger partial charge in [-0.25, -0.2) is 0 Å². The molecular formula is C13H22N2. The van der Waals surface area contributed by atoms with E-state index in [0.29, 0.717) is 19.0 Å². The highest BCUT2D eigenvalue weighted by Gasteiger charge is 2.04. The van der Waals surface area contributed by atoms with Crippen LogP contribution >= 0.6 is 0 Å². The van der Waals surface area contributed by atoms with Gasteiger partial charge in [0, 0.05) is 0 Å². The minimum absolute atomic E-state index is 0.464. The first-order valence-corrected chi connectivity index (χ1v) is 5.63. The Hall–Kier alpha value is -0.860. The highest BCUT2D eigenvalue weighted by Crippen LogP contribution is 2.13. The number of nitrogens with two attached hydrogens (primary N) is 2. The lowest BCUT2D eigenvalue weighted by atomic mass is 9.97. The van der Waals surface area contributed by atoms with Gasteiger partial charge in [0.25, 0.3) is 0 Å². The van der Waals surface area contributed by atoms with Gasteiger partial charge in [-0.05, 0) is 62.4 Å². The number of hydrogen-bond donors (Lipinski definition) is 2. The summed E-state index contributed by atoms with van der Waals surface area (Å²) in [4.78, 5) is 0. The molecule has 0 heterocycles. The molecule has 1 aromatic rings. The first-order valence-electron chi connectivity index (χ1n) is 5.63. The van der Waals surface area contributed by atoms with Gasteiger partial charge in [-0.3, -0.25) is 0 Å². The Morgan fingerprint density at radius 2 is 1.73 bits per heavy atom. The van der Waals surface area contributed by atoms with Gasteiger partial charge >= 0.3 is 0 Å². The zero-order valence-electron chi connectivity index (χ0n) is 9.79. The quantitative estimate of drug-likeness (QED) is 0.771. The van der Waals surface area contributed by atoms with E-state index in [-0.39, 0.29) is 0 Å².